The standard InChI is InChI=1S/C9H17NO2/c1-6(2)10(3)8-4-7(5-8)9(11)12/h6-8H,4-5H2,1-3H3,(H,11,12). The average molecular weight is 171 g/mol. The first kappa shape index (κ1) is 9.52. The summed E-state index contributed by atoms with van der Waals surface area (Å²) >= 11 is 0. The Labute approximate surface area is 73.4 Å². The van der Waals surface area contributed by atoms with Gasteiger partial charge < -0.3 is 10.0 Å². The molecule has 1 N–H and O–H groups in total. The molecule has 3 nitrogen and oxygen atoms in total. The average Bonchev–Trinajstić information content (AvgIpc) is 1.82. The molecular formula is C9H17NO2. The van der Waals surface area contributed by atoms with Crippen LogP contribution in [0.4, 0.5) is 0 Å². The van der Waals surface area contributed by atoms with Gasteiger partial charge in [-0.3, -0.25) is 4.79 Å². The highest BCUT2D eigenvalue weighted by molar-refractivity contribution is 5.71. The topological polar surface area (TPSA) is 40.5 Å². The van der Waals surface area contributed by atoms with E-state index in [1.54, 1.807) is 0 Å². The van der Waals surface area contributed by atoms with Gasteiger partial charge in [-0.2, -0.15) is 0 Å². The van der Waals surface area contributed by atoms with Crippen molar-refractivity contribution in [1.82, 2.24) is 4.90 Å². The van der Waals surface area contributed by atoms with E-state index in [0.717, 1.165) is 12.8 Å². The smallest absolute Gasteiger partial charge is 0.306 e. The predicted octanol–water partition coefficient (Wildman–Crippen LogP) is 1.19. The Hall–Kier alpha value is -0.570. The first-order valence-corrected chi connectivity index (χ1v) is 4.47. The molecule has 0 saturated heterocycles. The summed E-state index contributed by atoms with van der Waals surface area (Å²) in [4.78, 5) is 12.8. The number of carboxylic acids is 1. The Kier molecular flexibility index (Phi) is 2.73. The van der Waals surface area contributed by atoms with Gasteiger partial charge in [-0.05, 0) is 33.7 Å². The van der Waals surface area contributed by atoms with Crippen LogP contribution in [0.3, 0.4) is 0 Å². The van der Waals surface area contributed by atoms with Crippen molar-refractivity contribution in [3.05, 3.63) is 0 Å². The zero-order valence-electron chi connectivity index (χ0n) is 7.95. The van der Waals surface area contributed by atoms with Gasteiger partial charge in [0.1, 0.15) is 0 Å². The van der Waals surface area contributed by atoms with E-state index < -0.39 is 5.97 Å². The minimum Gasteiger partial charge on any atom is -0.481 e. The van der Waals surface area contributed by atoms with Gasteiger partial charge >= 0.3 is 5.97 Å². The lowest BCUT2D eigenvalue weighted by atomic mass is 9.79. The molecule has 1 aliphatic rings. The van der Waals surface area contributed by atoms with Crippen LogP contribution in [0.25, 0.3) is 0 Å². The predicted molar refractivity (Wildman–Crippen MR) is 47.0 cm³/mol. The van der Waals surface area contributed by atoms with Crippen molar-refractivity contribution >= 4 is 5.97 Å². The molecule has 0 aliphatic heterocycles. The molecule has 0 aromatic heterocycles. The molecule has 0 radical (unpaired) electrons. The van der Waals surface area contributed by atoms with Crippen LogP contribution in [0.2, 0.25) is 0 Å². The molecule has 0 aromatic rings. The summed E-state index contributed by atoms with van der Waals surface area (Å²) in [5.74, 6) is -0.723. The van der Waals surface area contributed by atoms with Crippen molar-refractivity contribution in [2.75, 3.05) is 7.05 Å². The van der Waals surface area contributed by atoms with E-state index >= 15 is 0 Å². The van der Waals surface area contributed by atoms with Gasteiger partial charge in [-0.25, -0.2) is 0 Å². The Balaban J connectivity index is 2.29. The van der Waals surface area contributed by atoms with Gasteiger partial charge in [0.2, 0.25) is 0 Å². The van der Waals surface area contributed by atoms with Crippen LogP contribution in [0.15, 0.2) is 0 Å². The van der Waals surface area contributed by atoms with Crippen LogP contribution in [-0.4, -0.2) is 35.1 Å². The molecule has 0 aromatic carbocycles. The highest BCUT2D eigenvalue weighted by atomic mass is 16.4. The molecule has 70 valence electrons. The van der Waals surface area contributed by atoms with Crippen molar-refractivity contribution in [1.29, 1.82) is 0 Å². The molecule has 0 amide bonds. The molecule has 0 unspecified atom stereocenters. The summed E-state index contributed by atoms with van der Waals surface area (Å²) in [7, 11) is 2.06. The van der Waals surface area contributed by atoms with Gasteiger partial charge in [-0.15, -0.1) is 0 Å². The van der Waals surface area contributed by atoms with Crippen LogP contribution < -0.4 is 0 Å². The van der Waals surface area contributed by atoms with E-state index in [1.165, 1.54) is 0 Å². The number of rotatable bonds is 3. The fraction of sp³-hybridized carbons (Fsp3) is 0.889. The lowest BCUT2D eigenvalue weighted by molar-refractivity contribution is -0.147. The highest BCUT2D eigenvalue weighted by Crippen LogP contribution is 2.31. The van der Waals surface area contributed by atoms with Crippen molar-refractivity contribution in [3.8, 4) is 0 Å². The molecule has 1 fully saturated rings. The van der Waals surface area contributed by atoms with Crippen LogP contribution >= 0.6 is 0 Å². The second kappa shape index (κ2) is 3.44. The van der Waals surface area contributed by atoms with E-state index in [1.807, 2.05) is 0 Å². The normalized spacial score (nSPS) is 29.1. The lowest BCUT2D eigenvalue weighted by Gasteiger charge is -2.41. The molecule has 0 atom stereocenters. The van der Waals surface area contributed by atoms with Crippen molar-refractivity contribution < 1.29 is 9.90 Å². The maximum atomic E-state index is 10.5. The maximum absolute atomic E-state index is 10.5. The van der Waals surface area contributed by atoms with E-state index in [-0.39, 0.29) is 5.92 Å². The van der Waals surface area contributed by atoms with E-state index in [4.69, 9.17) is 5.11 Å². The third-order valence-electron chi connectivity index (χ3n) is 2.85. The fourth-order valence-electron chi connectivity index (χ4n) is 1.54. The Bertz CT molecular complexity index is 173. The second-order valence-corrected chi connectivity index (χ2v) is 3.92. The number of hydrogen-bond donors (Lipinski definition) is 1. The van der Waals surface area contributed by atoms with Gasteiger partial charge in [-0.1, -0.05) is 0 Å². The van der Waals surface area contributed by atoms with Gasteiger partial charge in [0.05, 0.1) is 5.92 Å². The first-order valence-electron chi connectivity index (χ1n) is 4.47. The molecular weight excluding hydrogens is 154 g/mol. The van der Waals surface area contributed by atoms with E-state index in [9.17, 15) is 4.79 Å². The number of nitrogens with zero attached hydrogens (tertiary/aromatic N) is 1. The fourth-order valence-corrected chi connectivity index (χ4v) is 1.54. The summed E-state index contributed by atoms with van der Waals surface area (Å²) in [5, 5.41) is 8.65. The minimum atomic E-state index is -0.636. The van der Waals surface area contributed by atoms with E-state index in [0.29, 0.717) is 12.1 Å². The maximum Gasteiger partial charge on any atom is 0.306 e. The molecule has 1 saturated carbocycles. The first-order chi connectivity index (χ1) is 5.52. The van der Waals surface area contributed by atoms with Gasteiger partial charge in [0.25, 0.3) is 0 Å². The van der Waals surface area contributed by atoms with Crippen LogP contribution in [0.5, 0.6) is 0 Å². The van der Waals surface area contributed by atoms with Crippen molar-refractivity contribution in [3.63, 3.8) is 0 Å². The Morgan fingerprint density at radius 3 is 2.33 bits per heavy atom. The quantitative estimate of drug-likeness (QED) is 0.693. The number of aliphatic carboxylic acids is 1. The second-order valence-electron chi connectivity index (χ2n) is 3.92. The molecule has 0 spiro atoms. The molecule has 1 aliphatic carbocycles. The molecule has 1 rings (SSSR count). The number of carboxylic acid groups (broad SMARTS) is 1. The highest BCUT2D eigenvalue weighted by Gasteiger charge is 2.37. The Morgan fingerprint density at radius 1 is 1.50 bits per heavy atom. The van der Waals surface area contributed by atoms with Gasteiger partial charge in [0.15, 0.2) is 0 Å². The number of carbonyl (C=O) groups is 1. The minimum absolute atomic E-state index is 0.0869. The number of hydrogen-bond acceptors (Lipinski definition) is 2. The summed E-state index contributed by atoms with van der Waals surface area (Å²) in [6.07, 6.45) is 1.65. The molecule has 0 heterocycles. The van der Waals surface area contributed by atoms with E-state index in [2.05, 4.69) is 25.8 Å². The van der Waals surface area contributed by atoms with Crippen molar-refractivity contribution in [2.24, 2.45) is 5.92 Å². The summed E-state index contributed by atoms with van der Waals surface area (Å²) in [6, 6.07) is 1.01. The molecule has 0 bridgehead atoms. The third-order valence-corrected chi connectivity index (χ3v) is 2.85. The SMILES string of the molecule is CC(C)N(C)C1CC(C(=O)O)C1. The largest absolute Gasteiger partial charge is 0.481 e. The summed E-state index contributed by atoms with van der Waals surface area (Å²) < 4.78 is 0. The van der Waals surface area contributed by atoms with Crippen LogP contribution in [0.1, 0.15) is 26.7 Å². The van der Waals surface area contributed by atoms with Gasteiger partial charge in [0, 0.05) is 12.1 Å². The molecule has 12 heavy (non-hydrogen) atoms. The van der Waals surface area contributed by atoms with Crippen molar-refractivity contribution in [2.45, 2.75) is 38.8 Å². The molecule has 3 heteroatoms. The van der Waals surface area contributed by atoms with Crippen LogP contribution in [-0.2, 0) is 4.79 Å². The zero-order valence-corrected chi connectivity index (χ0v) is 7.95. The lowest BCUT2D eigenvalue weighted by Crippen LogP contribution is -2.47. The third kappa shape index (κ3) is 1.78. The zero-order chi connectivity index (χ0) is 9.30. The summed E-state index contributed by atoms with van der Waals surface area (Å²) in [6.45, 7) is 4.27. The monoisotopic (exact) mass is 171 g/mol. The van der Waals surface area contributed by atoms with Crippen LogP contribution in [0, 0.1) is 5.92 Å². The summed E-state index contributed by atoms with van der Waals surface area (Å²) in [5.41, 5.74) is 0. The Morgan fingerprint density at radius 2 is 2.00 bits per heavy atom.